The van der Waals surface area contributed by atoms with E-state index in [1.54, 1.807) is 0 Å². The number of hydrogen-bond donors (Lipinski definition) is 0. The molecule has 0 bridgehead atoms. The molecule has 0 amide bonds. The van der Waals surface area contributed by atoms with Crippen LogP contribution >= 0.6 is 7.82 Å². The molecule has 0 aromatic carbocycles. The molecule has 6 heteroatoms. The van der Waals surface area contributed by atoms with E-state index in [-0.39, 0.29) is 17.1 Å². The fourth-order valence-corrected chi connectivity index (χ4v) is 1.49. The third kappa shape index (κ3) is 43.8. The van der Waals surface area contributed by atoms with Crippen LogP contribution < -0.4 is 14.7 Å². The van der Waals surface area contributed by atoms with Gasteiger partial charge in [0, 0.05) is 17.1 Å². The van der Waals surface area contributed by atoms with E-state index >= 15 is 0 Å². The van der Waals surface area contributed by atoms with Crippen LogP contribution in [-0.4, -0.2) is 0 Å². The summed E-state index contributed by atoms with van der Waals surface area (Å²) in [7, 11) is -5.39. The van der Waals surface area contributed by atoms with Crippen molar-refractivity contribution in [1.82, 2.24) is 0 Å². The summed E-state index contributed by atoms with van der Waals surface area (Å²) in [6.45, 7) is 6.12. The summed E-state index contributed by atoms with van der Waals surface area (Å²) in [6.07, 6.45) is 13.9. The first-order chi connectivity index (χ1) is 7.91. The summed E-state index contributed by atoms with van der Waals surface area (Å²) >= 11 is 0. The van der Waals surface area contributed by atoms with Crippen LogP contribution in [0.15, 0.2) is 0 Å². The molecule has 1 radical (unpaired) electrons. The predicted octanol–water partition coefficient (Wildman–Crippen LogP) is 1.91. The Bertz CT molecular complexity index is 167. The second-order valence-electron chi connectivity index (χ2n) is 4.13. The fourth-order valence-electron chi connectivity index (χ4n) is 1.49. The summed E-state index contributed by atoms with van der Waals surface area (Å²) in [5.41, 5.74) is 0. The minimum absolute atomic E-state index is 0. The minimum Gasteiger partial charge on any atom is -0.822 e. The number of unbranched alkanes of at least 4 members (excludes halogenated alkanes) is 9. The molecule has 0 saturated carbocycles. The van der Waals surface area contributed by atoms with Crippen molar-refractivity contribution in [1.29, 1.82) is 0 Å². The Morgan fingerprint density at radius 2 is 1.11 bits per heavy atom. The van der Waals surface area contributed by atoms with Crippen molar-refractivity contribution in [3.63, 3.8) is 0 Å². The topological polar surface area (TPSA) is 86.2 Å². The summed E-state index contributed by atoms with van der Waals surface area (Å²) in [5.74, 6) is 0. The largest absolute Gasteiger partial charge is 0.822 e. The summed E-state index contributed by atoms with van der Waals surface area (Å²) < 4.78 is 8.55. The zero-order chi connectivity index (χ0) is 13.6. The maximum atomic E-state index is 8.55. The average molecular weight is 328 g/mol. The van der Waals surface area contributed by atoms with Crippen LogP contribution in [0.25, 0.3) is 0 Å². The van der Waals surface area contributed by atoms with E-state index in [4.69, 9.17) is 19.2 Å². The van der Waals surface area contributed by atoms with Crippen LogP contribution in [0.2, 0.25) is 0 Å². The number of rotatable bonds is 9. The molecule has 0 unspecified atom stereocenters. The third-order valence-corrected chi connectivity index (χ3v) is 2.35. The van der Waals surface area contributed by atoms with Crippen LogP contribution in [-0.2, 0) is 21.6 Å². The van der Waals surface area contributed by atoms with Gasteiger partial charge in [-0.1, -0.05) is 64.7 Å². The van der Waals surface area contributed by atoms with Gasteiger partial charge in [-0.3, -0.25) is 0 Å². The van der Waals surface area contributed by atoms with E-state index in [1.807, 2.05) is 0 Å². The molecule has 0 aromatic heterocycles. The maximum Gasteiger partial charge on any atom is 0 e. The Balaban J connectivity index is -0.000000321. The van der Waals surface area contributed by atoms with Crippen LogP contribution in [0, 0.1) is 6.92 Å². The van der Waals surface area contributed by atoms with Gasteiger partial charge in [0.25, 0.3) is 0 Å². The Hall–Kier alpha value is 0.629. The van der Waals surface area contributed by atoms with Crippen molar-refractivity contribution < 1.29 is 36.3 Å². The van der Waals surface area contributed by atoms with Gasteiger partial charge in [0.2, 0.25) is 0 Å². The molecule has 0 aromatic rings. The van der Waals surface area contributed by atoms with Crippen molar-refractivity contribution >= 4 is 7.82 Å². The van der Waals surface area contributed by atoms with Gasteiger partial charge in [-0.05, 0) is 0 Å². The number of hydrogen-bond acceptors (Lipinski definition) is 4. The second-order valence-corrected chi connectivity index (χ2v) is 5.02. The molecule has 0 N–H and O–H groups in total. The van der Waals surface area contributed by atoms with Crippen molar-refractivity contribution in [2.24, 2.45) is 0 Å². The molecule has 0 heterocycles. The van der Waals surface area contributed by atoms with Gasteiger partial charge < -0.3 is 26.2 Å². The molecule has 4 nitrogen and oxygen atoms in total. The quantitative estimate of drug-likeness (QED) is 0.280. The zero-order valence-electron chi connectivity index (χ0n) is 11.2. The fraction of sp³-hybridized carbons (Fsp3) is 0.917. The molecule has 18 heavy (non-hydrogen) atoms. The monoisotopic (exact) mass is 327 g/mol. The molecule has 0 saturated heterocycles. The standard InChI is InChI=1S/C12H25.Cu.H3O4P/c1-3-5-7-9-11-12-10-8-6-4-2;;1-5(2,3)4/h1,3-12H2,2H3;;(H3,1,2,3,4)/q-1;;/p-3. The first-order valence-electron chi connectivity index (χ1n) is 6.44. The van der Waals surface area contributed by atoms with Crippen LogP contribution in [0.1, 0.15) is 71.1 Å². The molecule has 0 atom stereocenters. The molecule has 117 valence electrons. The molecule has 0 spiro atoms. The van der Waals surface area contributed by atoms with Gasteiger partial charge in [0.05, 0.1) is 0 Å². The van der Waals surface area contributed by atoms with Crippen molar-refractivity contribution in [3.8, 4) is 0 Å². The molecular formula is C12H25CuO4P-4. The molecule has 0 rings (SSSR count). The zero-order valence-corrected chi connectivity index (χ0v) is 13.0. The smallest absolute Gasteiger partial charge is 0 e. The maximum absolute atomic E-state index is 8.55. The van der Waals surface area contributed by atoms with Gasteiger partial charge in [0.15, 0.2) is 0 Å². The molecule has 0 fully saturated rings. The van der Waals surface area contributed by atoms with Crippen molar-refractivity contribution in [2.45, 2.75) is 71.1 Å². The summed E-state index contributed by atoms with van der Waals surface area (Å²) in [4.78, 5) is 25.6. The van der Waals surface area contributed by atoms with Crippen molar-refractivity contribution in [2.75, 3.05) is 0 Å². The Morgan fingerprint density at radius 3 is 1.39 bits per heavy atom. The number of phosphoric acid groups is 1. The first kappa shape index (κ1) is 23.7. The minimum atomic E-state index is -5.39. The van der Waals surface area contributed by atoms with Gasteiger partial charge in [-0.15, -0.1) is 0 Å². The van der Waals surface area contributed by atoms with E-state index in [2.05, 4.69) is 13.8 Å². The predicted molar refractivity (Wildman–Crippen MR) is 64.8 cm³/mol. The molecule has 0 aliphatic heterocycles. The molecular weight excluding hydrogens is 303 g/mol. The molecule has 0 aliphatic rings. The van der Waals surface area contributed by atoms with Gasteiger partial charge in [-0.25, -0.2) is 0 Å². The van der Waals surface area contributed by atoms with E-state index < -0.39 is 7.82 Å². The summed E-state index contributed by atoms with van der Waals surface area (Å²) in [5, 5.41) is 0. The van der Waals surface area contributed by atoms with E-state index in [0.29, 0.717) is 0 Å². The third-order valence-electron chi connectivity index (χ3n) is 2.35. The van der Waals surface area contributed by atoms with E-state index in [1.165, 1.54) is 57.8 Å². The Labute approximate surface area is 122 Å². The summed E-state index contributed by atoms with van der Waals surface area (Å²) in [6, 6.07) is 0. The first-order valence-corrected chi connectivity index (χ1v) is 7.90. The molecule has 0 aliphatic carbocycles. The van der Waals surface area contributed by atoms with Crippen LogP contribution in [0.4, 0.5) is 0 Å². The van der Waals surface area contributed by atoms with Gasteiger partial charge in [-0.2, -0.15) is 14.2 Å². The Kier molecular flexibility index (Phi) is 23.2. The van der Waals surface area contributed by atoms with Gasteiger partial charge >= 0.3 is 0 Å². The van der Waals surface area contributed by atoms with Crippen LogP contribution in [0.5, 0.6) is 0 Å². The van der Waals surface area contributed by atoms with E-state index in [9.17, 15) is 0 Å². The van der Waals surface area contributed by atoms with Crippen LogP contribution in [0.3, 0.4) is 0 Å². The normalized spacial score (nSPS) is 10.3. The van der Waals surface area contributed by atoms with E-state index in [0.717, 1.165) is 6.42 Å². The average Bonchev–Trinajstić information content (AvgIpc) is 2.20. The Morgan fingerprint density at radius 1 is 0.833 bits per heavy atom. The SMILES string of the molecule is O=P([O-])([O-])[O-].[CH2-]CCCCCCCCCCC.[Cu]. The van der Waals surface area contributed by atoms with Gasteiger partial charge in [0.1, 0.15) is 0 Å². The van der Waals surface area contributed by atoms with Crippen molar-refractivity contribution in [3.05, 3.63) is 6.92 Å². The second kappa shape index (κ2) is 17.6.